The second-order valence-corrected chi connectivity index (χ2v) is 8.28. The van der Waals surface area contributed by atoms with E-state index < -0.39 is 6.04 Å². The van der Waals surface area contributed by atoms with Gasteiger partial charge < -0.3 is 20.5 Å². The molecule has 0 aliphatic rings. The number of nitrogen functional groups attached to an aromatic ring is 1. The highest BCUT2D eigenvalue weighted by Crippen LogP contribution is 2.29. The first-order chi connectivity index (χ1) is 15.5. The van der Waals surface area contributed by atoms with Crippen molar-refractivity contribution in [2.45, 2.75) is 31.5 Å². The number of hydrogen-bond acceptors (Lipinski definition) is 10. The number of hydrogen-bond donors (Lipinski definition) is 2. The van der Waals surface area contributed by atoms with Gasteiger partial charge in [-0.05, 0) is 37.6 Å². The Morgan fingerprint density at radius 2 is 2.00 bits per heavy atom. The first-order valence-electron chi connectivity index (χ1n) is 9.86. The van der Waals surface area contributed by atoms with Gasteiger partial charge in [0.15, 0.2) is 10.3 Å². The van der Waals surface area contributed by atoms with Gasteiger partial charge in [0.25, 0.3) is 0 Å². The number of rotatable bonds is 10. The Labute approximate surface area is 193 Å². The molecule has 0 fully saturated rings. The van der Waals surface area contributed by atoms with Gasteiger partial charge in [-0.15, -0.1) is 21.5 Å². The minimum Gasteiger partial charge on any atom is -0.497 e. The van der Waals surface area contributed by atoms with Crippen LogP contribution in [0.15, 0.2) is 34.8 Å². The molecule has 1 atom stereocenters. The van der Waals surface area contributed by atoms with E-state index in [4.69, 9.17) is 15.2 Å². The molecule has 32 heavy (non-hydrogen) atoms. The van der Waals surface area contributed by atoms with E-state index in [0.29, 0.717) is 23.3 Å². The van der Waals surface area contributed by atoms with Crippen molar-refractivity contribution in [2.24, 2.45) is 0 Å². The number of aromatic nitrogens is 4. The summed E-state index contributed by atoms with van der Waals surface area (Å²) < 4.78 is 11.6. The van der Waals surface area contributed by atoms with Crippen LogP contribution in [0.2, 0.25) is 0 Å². The highest BCUT2D eigenvalue weighted by Gasteiger charge is 2.26. The zero-order valence-electron chi connectivity index (χ0n) is 17.9. The number of nitrogens with zero attached hydrogens (tertiary/aromatic N) is 4. The van der Waals surface area contributed by atoms with Crippen LogP contribution in [0.4, 0.5) is 11.1 Å². The van der Waals surface area contributed by atoms with Gasteiger partial charge in [0.1, 0.15) is 11.8 Å². The topological polar surface area (TPSA) is 134 Å². The number of amides is 1. The number of anilines is 2. The number of carbonyl (C=O) groups excluding carboxylic acids is 2. The normalized spacial score (nSPS) is 11.7. The van der Waals surface area contributed by atoms with E-state index in [1.807, 2.05) is 36.6 Å². The second kappa shape index (κ2) is 11.0. The average Bonchev–Trinajstić information content (AvgIpc) is 3.40. The molecule has 3 aromatic rings. The van der Waals surface area contributed by atoms with Gasteiger partial charge in [0.2, 0.25) is 11.9 Å². The molecule has 0 saturated carbocycles. The van der Waals surface area contributed by atoms with Gasteiger partial charge in [-0.25, -0.2) is 4.98 Å². The molecule has 1 amide bonds. The molecule has 3 N–H and O–H groups in total. The third kappa shape index (κ3) is 5.56. The number of ether oxygens (including phenoxy) is 2. The molecule has 2 aromatic heterocycles. The van der Waals surface area contributed by atoms with Crippen molar-refractivity contribution >= 4 is 46.1 Å². The van der Waals surface area contributed by atoms with Crippen molar-refractivity contribution in [3.8, 4) is 17.0 Å². The van der Waals surface area contributed by atoms with Crippen molar-refractivity contribution < 1.29 is 19.1 Å². The molecule has 1 unspecified atom stereocenters. The Bertz CT molecular complexity index is 1070. The molecule has 0 aliphatic carbocycles. The second-order valence-electron chi connectivity index (χ2n) is 6.48. The Kier molecular flexibility index (Phi) is 8.06. The lowest BCUT2D eigenvalue weighted by Crippen LogP contribution is -2.27. The van der Waals surface area contributed by atoms with E-state index in [-0.39, 0.29) is 23.6 Å². The maximum atomic E-state index is 13.0. The predicted molar refractivity (Wildman–Crippen MR) is 124 cm³/mol. The first-order valence-corrected chi connectivity index (χ1v) is 11.7. The third-order valence-corrected chi connectivity index (χ3v) is 6.11. The van der Waals surface area contributed by atoms with Gasteiger partial charge >= 0.3 is 5.97 Å². The number of carbonyl (C=O) groups is 2. The maximum Gasteiger partial charge on any atom is 0.316 e. The highest BCUT2D eigenvalue weighted by atomic mass is 32.2. The molecular formula is C20H24N6O4S2. The van der Waals surface area contributed by atoms with Gasteiger partial charge in [-0.2, -0.15) is 0 Å². The molecule has 0 radical (unpaired) electrons. The molecule has 170 valence electrons. The van der Waals surface area contributed by atoms with Crippen molar-refractivity contribution in [1.29, 1.82) is 0 Å². The van der Waals surface area contributed by atoms with Crippen LogP contribution in [-0.4, -0.2) is 51.1 Å². The average molecular weight is 477 g/mol. The molecule has 0 spiro atoms. The van der Waals surface area contributed by atoms with Crippen molar-refractivity contribution in [1.82, 2.24) is 19.7 Å². The smallest absolute Gasteiger partial charge is 0.316 e. The Morgan fingerprint density at radius 1 is 1.25 bits per heavy atom. The minimum atomic E-state index is -0.664. The fourth-order valence-corrected chi connectivity index (χ4v) is 4.42. The summed E-state index contributed by atoms with van der Waals surface area (Å²) in [5.74, 6) is 0.217. The van der Waals surface area contributed by atoms with E-state index in [9.17, 15) is 9.59 Å². The summed E-state index contributed by atoms with van der Waals surface area (Å²) in [6.45, 7) is 3.88. The molecule has 2 heterocycles. The van der Waals surface area contributed by atoms with Crippen LogP contribution in [0.1, 0.15) is 26.3 Å². The number of nitrogens with two attached hydrogens (primary N) is 1. The highest BCUT2D eigenvalue weighted by molar-refractivity contribution is 7.99. The minimum absolute atomic E-state index is 0.0434. The summed E-state index contributed by atoms with van der Waals surface area (Å²) in [5, 5.41) is 13.4. The Morgan fingerprint density at radius 3 is 2.66 bits per heavy atom. The summed E-state index contributed by atoms with van der Waals surface area (Å²) in [6, 6.07) is 6.84. The summed E-state index contributed by atoms with van der Waals surface area (Å²) >= 11 is 2.44. The van der Waals surface area contributed by atoms with Crippen molar-refractivity contribution in [3.05, 3.63) is 29.6 Å². The first kappa shape index (κ1) is 23.5. The van der Waals surface area contributed by atoms with Crippen LogP contribution in [0.25, 0.3) is 11.3 Å². The van der Waals surface area contributed by atoms with E-state index >= 15 is 0 Å². The van der Waals surface area contributed by atoms with Gasteiger partial charge in [-0.3, -0.25) is 14.2 Å². The van der Waals surface area contributed by atoms with Crippen LogP contribution < -0.4 is 15.8 Å². The fraction of sp³-hybridized carbons (Fsp3) is 0.350. The molecule has 0 aliphatic heterocycles. The summed E-state index contributed by atoms with van der Waals surface area (Å²) in [7, 11) is 1.61. The monoisotopic (exact) mass is 476 g/mol. The Hall–Kier alpha value is -3.12. The molecule has 3 rings (SSSR count). The number of esters is 1. The summed E-state index contributed by atoms with van der Waals surface area (Å²) in [4.78, 5) is 29.2. The lowest BCUT2D eigenvalue weighted by Gasteiger charge is -2.18. The molecule has 0 saturated heterocycles. The number of methoxy groups -OCH3 is 1. The van der Waals surface area contributed by atoms with E-state index in [1.54, 1.807) is 14.0 Å². The third-order valence-electron chi connectivity index (χ3n) is 4.44. The number of nitrogens with one attached hydrogen (secondary N) is 1. The van der Waals surface area contributed by atoms with Crippen LogP contribution in [0, 0.1) is 0 Å². The molecule has 10 nitrogen and oxygen atoms in total. The van der Waals surface area contributed by atoms with Gasteiger partial charge in [-0.1, -0.05) is 18.7 Å². The lowest BCUT2D eigenvalue weighted by atomic mass is 10.2. The summed E-state index contributed by atoms with van der Waals surface area (Å²) in [5.41, 5.74) is 7.63. The predicted octanol–water partition coefficient (Wildman–Crippen LogP) is 3.24. The Balaban J connectivity index is 1.72. The van der Waals surface area contributed by atoms with Crippen molar-refractivity contribution in [3.63, 3.8) is 0 Å². The van der Waals surface area contributed by atoms with Gasteiger partial charge in [0, 0.05) is 10.9 Å². The number of thioether (sulfide) groups is 1. The quantitative estimate of drug-likeness (QED) is 0.334. The van der Waals surface area contributed by atoms with Crippen LogP contribution in [0.5, 0.6) is 5.75 Å². The molecular weight excluding hydrogens is 452 g/mol. The van der Waals surface area contributed by atoms with Crippen LogP contribution >= 0.6 is 23.1 Å². The zero-order chi connectivity index (χ0) is 23.1. The molecule has 1 aromatic carbocycles. The van der Waals surface area contributed by atoms with Crippen LogP contribution in [-0.2, 0) is 14.3 Å². The van der Waals surface area contributed by atoms with Crippen molar-refractivity contribution in [2.75, 3.05) is 30.5 Å². The van der Waals surface area contributed by atoms with E-state index in [0.717, 1.165) is 28.8 Å². The number of benzene rings is 1. The SMILES string of the molecule is CCOC(=O)CSc1nnc(N)n1C(CC)C(=O)Nc1nc(-c2ccc(OC)cc2)cs1. The van der Waals surface area contributed by atoms with Crippen LogP contribution in [0.3, 0.4) is 0 Å². The fourth-order valence-electron chi connectivity index (χ4n) is 2.91. The zero-order valence-corrected chi connectivity index (χ0v) is 19.5. The van der Waals surface area contributed by atoms with E-state index in [2.05, 4.69) is 20.5 Å². The van der Waals surface area contributed by atoms with E-state index in [1.165, 1.54) is 15.9 Å². The summed E-state index contributed by atoms with van der Waals surface area (Å²) in [6.07, 6.45) is 0.442. The largest absolute Gasteiger partial charge is 0.497 e. The number of thiazole rings is 1. The maximum absolute atomic E-state index is 13.0. The molecule has 12 heteroatoms. The standard InChI is InChI=1S/C20H24N6O4S2/c1-4-15(26-18(21)24-25-20(26)32-11-16(27)30-5-2)17(28)23-19-22-14(10-31-19)12-6-8-13(29-3)9-7-12/h6-10,15H,4-5,11H2,1-3H3,(H2,21,24)(H,22,23,28). The van der Waals surface area contributed by atoms with Gasteiger partial charge in [0.05, 0.1) is 25.2 Å². The molecule has 0 bridgehead atoms. The lowest BCUT2D eigenvalue weighted by molar-refractivity contribution is -0.139.